The number of unbranched alkanes of at least 4 members (excludes halogenated alkanes) is 1. The second kappa shape index (κ2) is 7.73. The molecule has 0 bridgehead atoms. The molecular formula is C20H28N2OS. The summed E-state index contributed by atoms with van der Waals surface area (Å²) in [6.45, 7) is 7.89. The van der Waals surface area contributed by atoms with Crippen molar-refractivity contribution in [3.8, 4) is 0 Å². The molecule has 3 rings (SSSR count). The largest absolute Gasteiger partial charge is 0.347 e. The Morgan fingerprint density at radius 3 is 2.92 bits per heavy atom. The minimum atomic E-state index is 0.278. The smallest absolute Gasteiger partial charge is 0.164 e. The van der Waals surface area contributed by atoms with Gasteiger partial charge in [0.05, 0.1) is 5.69 Å². The Kier molecular flexibility index (Phi) is 5.65. The van der Waals surface area contributed by atoms with Gasteiger partial charge in [-0.15, -0.1) is 0 Å². The Balaban J connectivity index is 1.81. The van der Waals surface area contributed by atoms with Crippen LogP contribution in [0.3, 0.4) is 0 Å². The standard InChI is InChI=1S/C20H28N2OS/c1-4-5-6-17-13-24-20(22(17)12-14(2)3)21-16-8-9-18-15(11-16)7-10-19(18)23/h8-9,11,14,17H,4-7,10,12-13H2,1-3H3/t17-/m0/s1. The van der Waals surface area contributed by atoms with E-state index < -0.39 is 0 Å². The zero-order chi connectivity index (χ0) is 17.1. The van der Waals surface area contributed by atoms with E-state index >= 15 is 0 Å². The second-order valence-electron chi connectivity index (χ2n) is 7.31. The number of ketones is 1. The van der Waals surface area contributed by atoms with Crippen LogP contribution in [0.1, 0.15) is 62.4 Å². The molecule has 0 aromatic heterocycles. The minimum absolute atomic E-state index is 0.278. The van der Waals surface area contributed by atoms with E-state index in [4.69, 9.17) is 4.99 Å². The Morgan fingerprint density at radius 2 is 2.17 bits per heavy atom. The van der Waals surface area contributed by atoms with E-state index in [2.05, 4.69) is 31.7 Å². The van der Waals surface area contributed by atoms with E-state index in [0.717, 1.165) is 35.1 Å². The molecule has 0 amide bonds. The summed E-state index contributed by atoms with van der Waals surface area (Å²) in [6, 6.07) is 6.70. The van der Waals surface area contributed by atoms with Crippen molar-refractivity contribution in [1.29, 1.82) is 0 Å². The van der Waals surface area contributed by atoms with E-state index in [1.165, 1.54) is 24.8 Å². The molecule has 0 N–H and O–H groups in total. The van der Waals surface area contributed by atoms with Crippen LogP contribution in [-0.4, -0.2) is 34.2 Å². The van der Waals surface area contributed by atoms with E-state index in [9.17, 15) is 4.79 Å². The predicted octanol–water partition coefficient (Wildman–Crippen LogP) is 5.07. The van der Waals surface area contributed by atoms with Gasteiger partial charge in [-0.2, -0.15) is 0 Å². The van der Waals surface area contributed by atoms with Gasteiger partial charge in [0.15, 0.2) is 11.0 Å². The van der Waals surface area contributed by atoms with Crippen LogP contribution >= 0.6 is 11.8 Å². The molecule has 1 aromatic rings. The first kappa shape index (κ1) is 17.5. The lowest BCUT2D eigenvalue weighted by molar-refractivity contribution is 0.0994. The van der Waals surface area contributed by atoms with Crippen LogP contribution < -0.4 is 0 Å². The number of fused-ring (bicyclic) bond motifs is 1. The summed E-state index contributed by atoms with van der Waals surface area (Å²) in [5.74, 6) is 2.06. The highest BCUT2D eigenvalue weighted by molar-refractivity contribution is 8.14. The van der Waals surface area contributed by atoms with Crippen molar-refractivity contribution in [2.45, 2.75) is 58.9 Å². The average molecular weight is 345 g/mol. The maximum absolute atomic E-state index is 11.8. The van der Waals surface area contributed by atoms with Crippen molar-refractivity contribution in [3.63, 3.8) is 0 Å². The van der Waals surface area contributed by atoms with Gasteiger partial charge >= 0.3 is 0 Å². The molecule has 1 heterocycles. The van der Waals surface area contributed by atoms with Gasteiger partial charge in [-0.25, -0.2) is 4.99 Å². The summed E-state index contributed by atoms with van der Waals surface area (Å²) >= 11 is 1.89. The zero-order valence-electron chi connectivity index (χ0n) is 15.0. The Labute approximate surface area is 149 Å². The first-order chi connectivity index (χ1) is 11.6. The summed E-state index contributed by atoms with van der Waals surface area (Å²) in [7, 11) is 0. The predicted molar refractivity (Wildman–Crippen MR) is 104 cm³/mol. The van der Waals surface area contributed by atoms with Crippen LogP contribution in [0, 0.1) is 5.92 Å². The lowest BCUT2D eigenvalue weighted by atomic mass is 10.1. The van der Waals surface area contributed by atoms with Crippen LogP contribution in [-0.2, 0) is 6.42 Å². The number of benzene rings is 1. The topological polar surface area (TPSA) is 32.7 Å². The molecule has 0 radical (unpaired) electrons. The van der Waals surface area contributed by atoms with Crippen molar-refractivity contribution >= 4 is 28.4 Å². The second-order valence-corrected chi connectivity index (χ2v) is 8.30. The van der Waals surface area contributed by atoms with E-state index in [0.29, 0.717) is 18.4 Å². The van der Waals surface area contributed by atoms with E-state index in [-0.39, 0.29) is 5.78 Å². The maximum atomic E-state index is 11.8. The molecule has 4 heteroatoms. The highest BCUT2D eigenvalue weighted by Gasteiger charge is 2.30. The van der Waals surface area contributed by atoms with Gasteiger partial charge in [0.2, 0.25) is 0 Å². The van der Waals surface area contributed by atoms with Crippen molar-refractivity contribution in [2.24, 2.45) is 10.9 Å². The van der Waals surface area contributed by atoms with Crippen molar-refractivity contribution in [3.05, 3.63) is 29.3 Å². The highest BCUT2D eigenvalue weighted by Crippen LogP contribution is 2.32. The summed E-state index contributed by atoms with van der Waals surface area (Å²) < 4.78 is 0. The number of rotatable bonds is 6. The number of nitrogens with zero attached hydrogens (tertiary/aromatic N) is 2. The summed E-state index contributed by atoms with van der Waals surface area (Å²) in [6.07, 6.45) is 5.32. The maximum Gasteiger partial charge on any atom is 0.164 e. The normalized spacial score (nSPS) is 22.0. The monoisotopic (exact) mass is 344 g/mol. The molecule has 1 saturated heterocycles. The number of aliphatic imine (C=N–C) groups is 1. The van der Waals surface area contributed by atoms with Crippen LogP contribution in [0.25, 0.3) is 0 Å². The number of hydrogen-bond donors (Lipinski definition) is 0. The number of carbonyl (C=O) groups is 1. The molecule has 2 aliphatic rings. The summed E-state index contributed by atoms with van der Waals surface area (Å²) in [5, 5.41) is 1.16. The van der Waals surface area contributed by atoms with E-state index in [1.54, 1.807) is 0 Å². The third-order valence-electron chi connectivity index (χ3n) is 4.78. The summed E-state index contributed by atoms with van der Waals surface area (Å²) in [5.41, 5.74) is 3.07. The number of aryl methyl sites for hydroxylation is 1. The van der Waals surface area contributed by atoms with Gasteiger partial charge in [0.1, 0.15) is 0 Å². The van der Waals surface area contributed by atoms with Gasteiger partial charge in [0.25, 0.3) is 0 Å². The molecular weight excluding hydrogens is 316 g/mol. The first-order valence-electron chi connectivity index (χ1n) is 9.22. The number of hydrogen-bond acceptors (Lipinski definition) is 3. The molecule has 1 aromatic carbocycles. The molecule has 0 saturated carbocycles. The third-order valence-corrected chi connectivity index (χ3v) is 5.91. The molecule has 0 spiro atoms. The number of Topliss-reactive ketones (excluding diaryl/α,β-unsaturated/α-hetero) is 1. The zero-order valence-corrected chi connectivity index (χ0v) is 15.9. The van der Waals surface area contributed by atoms with Gasteiger partial charge in [0, 0.05) is 30.3 Å². The highest BCUT2D eigenvalue weighted by atomic mass is 32.2. The lowest BCUT2D eigenvalue weighted by Gasteiger charge is -2.27. The van der Waals surface area contributed by atoms with Crippen LogP contribution in [0.5, 0.6) is 0 Å². The Hall–Kier alpha value is -1.29. The van der Waals surface area contributed by atoms with E-state index in [1.807, 2.05) is 23.9 Å². The molecule has 1 aliphatic carbocycles. The van der Waals surface area contributed by atoms with Crippen LogP contribution in [0.2, 0.25) is 0 Å². The van der Waals surface area contributed by atoms with Crippen molar-refractivity contribution in [1.82, 2.24) is 4.90 Å². The fraction of sp³-hybridized carbons (Fsp3) is 0.600. The quantitative estimate of drug-likeness (QED) is 0.722. The molecule has 1 fully saturated rings. The Bertz CT molecular complexity index is 639. The van der Waals surface area contributed by atoms with Gasteiger partial charge in [-0.3, -0.25) is 4.79 Å². The Morgan fingerprint density at radius 1 is 1.33 bits per heavy atom. The first-order valence-corrected chi connectivity index (χ1v) is 10.2. The van der Waals surface area contributed by atoms with Crippen LogP contribution in [0.4, 0.5) is 5.69 Å². The van der Waals surface area contributed by atoms with Gasteiger partial charge < -0.3 is 4.90 Å². The summed E-state index contributed by atoms with van der Waals surface area (Å²) in [4.78, 5) is 19.3. The molecule has 130 valence electrons. The fourth-order valence-electron chi connectivity index (χ4n) is 3.52. The molecule has 1 aliphatic heterocycles. The van der Waals surface area contributed by atoms with Crippen molar-refractivity contribution < 1.29 is 4.79 Å². The molecule has 0 unspecified atom stereocenters. The third kappa shape index (κ3) is 3.85. The number of carbonyl (C=O) groups excluding carboxylic acids is 1. The number of amidine groups is 1. The van der Waals surface area contributed by atoms with Crippen molar-refractivity contribution in [2.75, 3.05) is 12.3 Å². The average Bonchev–Trinajstić information content (AvgIpc) is 3.10. The SMILES string of the molecule is CCCC[C@H]1CSC(=Nc2ccc3c(c2)CCC3=O)N1CC(C)C. The van der Waals surface area contributed by atoms with Gasteiger partial charge in [-0.05, 0) is 42.5 Å². The van der Waals surface area contributed by atoms with Crippen LogP contribution in [0.15, 0.2) is 23.2 Å². The molecule has 3 nitrogen and oxygen atoms in total. The minimum Gasteiger partial charge on any atom is -0.347 e. The fourth-order valence-corrected chi connectivity index (χ4v) is 4.77. The van der Waals surface area contributed by atoms with Gasteiger partial charge in [-0.1, -0.05) is 45.4 Å². The molecule has 1 atom stereocenters. The number of thioether (sulfide) groups is 1. The lowest BCUT2D eigenvalue weighted by Crippen LogP contribution is -2.36. The molecule has 24 heavy (non-hydrogen) atoms.